The highest BCUT2D eigenvalue weighted by molar-refractivity contribution is 5.97. The molecule has 0 rings (SSSR count). The third-order valence-electron chi connectivity index (χ3n) is 6.20. The zero-order valence-corrected chi connectivity index (χ0v) is 24.1. The topological polar surface area (TPSA) is 205 Å². The first-order valence-electron chi connectivity index (χ1n) is 12.7. The first kappa shape index (κ1) is 35.5. The van der Waals surface area contributed by atoms with Crippen LogP contribution in [-0.2, 0) is 33.5 Å². The number of carboxylic acid groups (broad SMARTS) is 2. The number of carbonyl (C=O) groups is 6. The van der Waals surface area contributed by atoms with Crippen LogP contribution in [0.25, 0.3) is 0 Å². The molecule has 13 heteroatoms. The average Bonchev–Trinajstić information content (AvgIpc) is 2.84. The van der Waals surface area contributed by atoms with E-state index in [4.69, 9.17) is 10.8 Å². The number of methoxy groups -OCH3 is 1. The van der Waals surface area contributed by atoms with E-state index in [2.05, 4.69) is 15.4 Å². The van der Waals surface area contributed by atoms with Crippen LogP contribution in [0, 0.1) is 11.3 Å². The molecule has 13 nitrogen and oxygen atoms in total. The van der Waals surface area contributed by atoms with Gasteiger partial charge in [0.1, 0.15) is 12.1 Å². The number of likely N-dealkylation sites (N-methyl/N-ethyl adjacent to an activating group) is 1. The van der Waals surface area contributed by atoms with Gasteiger partial charge in [0.05, 0.1) is 19.2 Å². The summed E-state index contributed by atoms with van der Waals surface area (Å²) in [5, 5.41) is 22.9. The van der Waals surface area contributed by atoms with E-state index in [1.165, 1.54) is 11.8 Å². The summed E-state index contributed by atoms with van der Waals surface area (Å²) in [6.45, 7) is 10.8. The second-order valence-corrected chi connectivity index (χ2v) is 10.8. The molecule has 0 aliphatic rings. The molecule has 0 fully saturated rings. The van der Waals surface area contributed by atoms with Crippen molar-refractivity contribution < 1.29 is 43.7 Å². The smallest absolute Gasteiger partial charge is 0.326 e. The fourth-order valence-corrected chi connectivity index (χ4v) is 3.52. The minimum atomic E-state index is -1.51. The molecule has 0 aliphatic heterocycles. The van der Waals surface area contributed by atoms with E-state index in [0.717, 1.165) is 7.11 Å². The van der Waals surface area contributed by atoms with E-state index >= 15 is 0 Å². The van der Waals surface area contributed by atoms with Crippen molar-refractivity contribution in [2.45, 2.75) is 91.4 Å². The minimum Gasteiger partial charge on any atom is -0.481 e. The molecular weight excluding hydrogens is 512 g/mol. The van der Waals surface area contributed by atoms with Gasteiger partial charge in [0.2, 0.25) is 17.7 Å². The zero-order chi connectivity index (χ0) is 30.7. The SMILES string of the molecule is COC(=O)CCC(NC(=O)/C(C)=C/C(C(C)C)N(C)C(=O)C(N)C(C)(C)C)C(=O)NC(CCC(=O)O)C(=O)O. The van der Waals surface area contributed by atoms with Crippen LogP contribution in [0.15, 0.2) is 11.6 Å². The monoisotopic (exact) mass is 556 g/mol. The van der Waals surface area contributed by atoms with Gasteiger partial charge in [-0.05, 0) is 31.1 Å². The third-order valence-corrected chi connectivity index (χ3v) is 6.20. The maximum Gasteiger partial charge on any atom is 0.326 e. The molecular formula is C26H44N4O9. The molecule has 39 heavy (non-hydrogen) atoms. The molecule has 0 radical (unpaired) electrons. The highest BCUT2D eigenvalue weighted by Gasteiger charge is 2.33. The lowest BCUT2D eigenvalue weighted by Gasteiger charge is -2.35. The second-order valence-electron chi connectivity index (χ2n) is 10.8. The van der Waals surface area contributed by atoms with Crippen molar-refractivity contribution in [1.82, 2.24) is 15.5 Å². The molecule has 0 aromatic rings. The lowest BCUT2D eigenvalue weighted by molar-refractivity contribution is -0.144. The number of nitrogens with one attached hydrogen (secondary N) is 2. The van der Waals surface area contributed by atoms with Crippen molar-refractivity contribution in [1.29, 1.82) is 0 Å². The van der Waals surface area contributed by atoms with Crippen LogP contribution in [0.5, 0.6) is 0 Å². The van der Waals surface area contributed by atoms with Gasteiger partial charge in [0.25, 0.3) is 0 Å². The van der Waals surface area contributed by atoms with Crippen LogP contribution in [0.1, 0.15) is 67.2 Å². The zero-order valence-electron chi connectivity index (χ0n) is 24.1. The third kappa shape index (κ3) is 12.3. The fourth-order valence-electron chi connectivity index (χ4n) is 3.52. The van der Waals surface area contributed by atoms with Gasteiger partial charge in [-0.15, -0.1) is 0 Å². The summed E-state index contributed by atoms with van der Waals surface area (Å²) < 4.78 is 4.59. The number of amides is 3. The molecule has 3 amide bonds. The van der Waals surface area contributed by atoms with Gasteiger partial charge in [-0.3, -0.25) is 24.0 Å². The number of hydrogen-bond acceptors (Lipinski definition) is 8. The molecule has 0 aromatic carbocycles. The van der Waals surface area contributed by atoms with E-state index < -0.39 is 65.7 Å². The Bertz CT molecular complexity index is 940. The molecule has 0 saturated heterocycles. The van der Waals surface area contributed by atoms with Crippen molar-refractivity contribution in [3.8, 4) is 0 Å². The molecule has 0 spiro atoms. The summed E-state index contributed by atoms with van der Waals surface area (Å²) in [6, 6.07) is -4.12. The molecule has 4 atom stereocenters. The van der Waals surface area contributed by atoms with Crippen LogP contribution < -0.4 is 16.4 Å². The minimum absolute atomic E-state index is 0.0992. The molecule has 0 heterocycles. The summed E-state index contributed by atoms with van der Waals surface area (Å²) in [6.07, 6.45) is 0.256. The Morgan fingerprint density at radius 1 is 0.974 bits per heavy atom. The first-order valence-corrected chi connectivity index (χ1v) is 12.7. The van der Waals surface area contributed by atoms with E-state index in [-0.39, 0.29) is 36.7 Å². The molecule has 0 aliphatic carbocycles. The predicted molar refractivity (Wildman–Crippen MR) is 142 cm³/mol. The Labute approximate surface area is 229 Å². The van der Waals surface area contributed by atoms with Crippen LogP contribution in [-0.4, -0.2) is 89.1 Å². The van der Waals surface area contributed by atoms with Crippen molar-refractivity contribution in [2.24, 2.45) is 17.1 Å². The summed E-state index contributed by atoms with van der Waals surface area (Å²) in [4.78, 5) is 74.4. The van der Waals surface area contributed by atoms with Gasteiger partial charge in [0, 0.05) is 25.5 Å². The summed E-state index contributed by atoms with van der Waals surface area (Å²) in [5.74, 6) is -5.31. The summed E-state index contributed by atoms with van der Waals surface area (Å²) in [5.41, 5.74) is 5.83. The quantitative estimate of drug-likeness (QED) is 0.141. The highest BCUT2D eigenvalue weighted by Crippen LogP contribution is 2.22. The number of ether oxygens (including phenoxy) is 1. The van der Waals surface area contributed by atoms with Crippen LogP contribution in [0.2, 0.25) is 0 Å². The van der Waals surface area contributed by atoms with Crippen LogP contribution >= 0.6 is 0 Å². The van der Waals surface area contributed by atoms with Gasteiger partial charge in [-0.25, -0.2) is 4.79 Å². The molecule has 0 bridgehead atoms. The maximum absolute atomic E-state index is 13.1. The van der Waals surface area contributed by atoms with E-state index in [0.29, 0.717) is 0 Å². The summed E-state index contributed by atoms with van der Waals surface area (Å²) in [7, 11) is 2.75. The number of nitrogens with two attached hydrogens (primary N) is 1. The second kappa shape index (κ2) is 15.8. The van der Waals surface area contributed by atoms with E-state index in [1.54, 1.807) is 13.1 Å². The van der Waals surface area contributed by atoms with Crippen molar-refractivity contribution >= 4 is 35.6 Å². The fraction of sp³-hybridized carbons (Fsp3) is 0.692. The number of esters is 1. The van der Waals surface area contributed by atoms with E-state index in [1.807, 2.05) is 34.6 Å². The van der Waals surface area contributed by atoms with Gasteiger partial charge in [0.15, 0.2) is 0 Å². The lowest BCUT2D eigenvalue weighted by atomic mass is 9.86. The van der Waals surface area contributed by atoms with Crippen molar-refractivity contribution in [3.63, 3.8) is 0 Å². The molecule has 6 N–H and O–H groups in total. The molecule has 0 saturated carbocycles. The standard InChI is InChI=1S/C26H44N4O9/c1-14(2)18(30(7)24(36)21(27)26(4,5)6)13-15(3)22(34)28-16(10-12-20(33)39-8)23(35)29-17(25(37)38)9-11-19(31)32/h13-14,16-18,21H,9-12,27H2,1-8H3,(H,28,34)(H,29,35)(H,31,32)(H,37,38)/b15-13+. The normalized spacial score (nSPS) is 15.0. The Hall–Kier alpha value is -3.48. The van der Waals surface area contributed by atoms with Crippen molar-refractivity contribution in [2.75, 3.05) is 14.2 Å². The largest absolute Gasteiger partial charge is 0.481 e. The number of nitrogens with zero attached hydrogens (tertiary/aromatic N) is 1. The number of carboxylic acids is 2. The van der Waals surface area contributed by atoms with E-state index in [9.17, 15) is 33.9 Å². The van der Waals surface area contributed by atoms with Crippen LogP contribution in [0.3, 0.4) is 0 Å². The van der Waals surface area contributed by atoms with Gasteiger partial charge in [-0.2, -0.15) is 0 Å². The number of carbonyl (C=O) groups excluding carboxylic acids is 4. The Morgan fingerprint density at radius 2 is 1.51 bits per heavy atom. The Kier molecular flexibility index (Phi) is 14.4. The first-order chi connectivity index (χ1) is 17.8. The number of rotatable bonds is 15. The van der Waals surface area contributed by atoms with Crippen LogP contribution in [0.4, 0.5) is 0 Å². The maximum atomic E-state index is 13.1. The summed E-state index contributed by atoms with van der Waals surface area (Å²) >= 11 is 0. The Balaban J connectivity index is 5.89. The molecule has 0 aromatic heterocycles. The van der Waals surface area contributed by atoms with Gasteiger partial charge in [-0.1, -0.05) is 40.7 Å². The van der Waals surface area contributed by atoms with Gasteiger partial charge >= 0.3 is 17.9 Å². The van der Waals surface area contributed by atoms with Gasteiger partial charge < -0.3 is 36.2 Å². The lowest BCUT2D eigenvalue weighted by Crippen LogP contribution is -2.53. The molecule has 222 valence electrons. The number of aliphatic carboxylic acids is 2. The van der Waals surface area contributed by atoms with Crippen molar-refractivity contribution in [3.05, 3.63) is 11.6 Å². The molecule has 4 unspecified atom stereocenters. The highest BCUT2D eigenvalue weighted by atomic mass is 16.5. The predicted octanol–water partition coefficient (Wildman–Crippen LogP) is 0.661. The Morgan fingerprint density at radius 3 is 1.95 bits per heavy atom. The average molecular weight is 557 g/mol. The number of hydrogen-bond donors (Lipinski definition) is 5.